The van der Waals surface area contributed by atoms with Gasteiger partial charge in [-0.25, -0.2) is 4.79 Å². The van der Waals surface area contributed by atoms with Crippen LogP contribution in [-0.4, -0.2) is 63.6 Å². The number of hydrogen-bond donors (Lipinski definition) is 2. The van der Waals surface area contributed by atoms with E-state index in [1.54, 1.807) is 6.92 Å². The Kier molecular flexibility index (Phi) is 9.08. The van der Waals surface area contributed by atoms with Gasteiger partial charge in [-0.3, -0.25) is 24.2 Å². The van der Waals surface area contributed by atoms with Crippen LogP contribution in [-0.2, 0) is 39.9 Å². The van der Waals surface area contributed by atoms with Crippen LogP contribution in [0, 0.1) is 0 Å². The lowest BCUT2D eigenvalue weighted by Gasteiger charge is -2.29. The van der Waals surface area contributed by atoms with E-state index in [4.69, 9.17) is 18.9 Å². The predicted octanol–water partition coefficient (Wildman–Crippen LogP) is -0.196. The van der Waals surface area contributed by atoms with Gasteiger partial charge >= 0.3 is 17.6 Å². The van der Waals surface area contributed by atoms with Gasteiger partial charge in [-0.05, 0) is 12.5 Å². The highest BCUT2D eigenvalue weighted by molar-refractivity contribution is 5.75. The lowest BCUT2D eigenvalue weighted by atomic mass is 10.00. The standard InChI is InChI=1S/C23H28N4O9/c1-4-33-18(31)10-16(25-13(2)28)19-20(34-12-15-8-6-5-7-9-15)21(35-14(3)29)22(36-19)27-23(32)26-17(30)11-24-27/h5-9,11,16,19-22H,4,10,12H2,1-3H3,(H,25,28)(H,26,30,32)/t16?,19-,20-,21+,22-/m0/s1. The molecule has 13 nitrogen and oxygen atoms in total. The largest absolute Gasteiger partial charge is 0.466 e. The summed E-state index contributed by atoms with van der Waals surface area (Å²) >= 11 is 0. The first kappa shape index (κ1) is 26.8. The molecule has 2 aromatic rings. The molecule has 1 aliphatic heterocycles. The zero-order valence-electron chi connectivity index (χ0n) is 20.0. The van der Waals surface area contributed by atoms with Crippen molar-refractivity contribution in [3.05, 3.63) is 62.9 Å². The zero-order chi connectivity index (χ0) is 26.2. The first-order chi connectivity index (χ1) is 17.2. The Hall–Kier alpha value is -3.84. The number of aromatic amines is 1. The Morgan fingerprint density at radius 2 is 1.89 bits per heavy atom. The maximum Gasteiger partial charge on any atom is 0.347 e. The molecule has 2 heterocycles. The molecule has 2 N–H and O–H groups in total. The van der Waals surface area contributed by atoms with Gasteiger partial charge in [-0.1, -0.05) is 30.3 Å². The van der Waals surface area contributed by atoms with Gasteiger partial charge in [0.15, 0.2) is 12.3 Å². The molecule has 0 saturated carbocycles. The molecule has 1 aromatic carbocycles. The second-order valence-electron chi connectivity index (χ2n) is 8.03. The Bertz CT molecular complexity index is 1180. The molecule has 0 bridgehead atoms. The molecule has 36 heavy (non-hydrogen) atoms. The molecule has 1 fully saturated rings. The number of esters is 2. The number of amides is 1. The third-order valence-electron chi connectivity index (χ3n) is 5.27. The summed E-state index contributed by atoms with van der Waals surface area (Å²) in [5.41, 5.74) is -0.846. The second-order valence-corrected chi connectivity index (χ2v) is 8.03. The molecule has 1 amide bonds. The average Bonchev–Trinajstić information content (AvgIpc) is 3.15. The van der Waals surface area contributed by atoms with Crippen molar-refractivity contribution < 1.29 is 33.3 Å². The first-order valence-corrected chi connectivity index (χ1v) is 11.3. The number of carbonyl (C=O) groups is 3. The highest BCUT2D eigenvalue weighted by Crippen LogP contribution is 2.35. The minimum atomic E-state index is -1.33. The Balaban J connectivity index is 2.03. The van der Waals surface area contributed by atoms with E-state index in [0.717, 1.165) is 16.4 Å². The summed E-state index contributed by atoms with van der Waals surface area (Å²) in [6.07, 6.45) is -4.08. The van der Waals surface area contributed by atoms with Gasteiger partial charge < -0.3 is 24.3 Å². The number of H-pyrrole nitrogens is 1. The lowest BCUT2D eigenvalue weighted by molar-refractivity contribution is -0.159. The molecule has 194 valence electrons. The molecular weight excluding hydrogens is 476 g/mol. The van der Waals surface area contributed by atoms with Crippen LogP contribution in [0.25, 0.3) is 0 Å². The number of ether oxygens (including phenoxy) is 4. The SMILES string of the molecule is CCOC(=O)CC(NC(C)=O)[C@@H]1O[C@H](n2ncc(=O)[nH]c2=O)[C@H](OC(C)=O)[C@H]1OCc1ccccc1. The summed E-state index contributed by atoms with van der Waals surface area (Å²) in [6, 6.07) is 8.14. The van der Waals surface area contributed by atoms with E-state index < -0.39 is 59.7 Å². The van der Waals surface area contributed by atoms with Crippen LogP contribution in [0.1, 0.15) is 39.0 Å². The molecule has 0 aliphatic carbocycles. The van der Waals surface area contributed by atoms with E-state index in [1.807, 2.05) is 30.3 Å². The van der Waals surface area contributed by atoms with E-state index in [2.05, 4.69) is 15.4 Å². The zero-order valence-corrected chi connectivity index (χ0v) is 20.0. The minimum absolute atomic E-state index is 0.0655. The second kappa shape index (κ2) is 12.2. The Labute approximate surface area is 205 Å². The number of hydrogen-bond acceptors (Lipinski definition) is 10. The topological polar surface area (TPSA) is 168 Å². The van der Waals surface area contributed by atoms with Gasteiger partial charge in [0.05, 0.1) is 25.7 Å². The summed E-state index contributed by atoms with van der Waals surface area (Å²) in [5.74, 6) is -1.75. The highest BCUT2D eigenvalue weighted by Gasteiger charge is 2.53. The first-order valence-electron chi connectivity index (χ1n) is 11.3. The van der Waals surface area contributed by atoms with Gasteiger partial charge in [0.25, 0.3) is 5.56 Å². The van der Waals surface area contributed by atoms with E-state index in [9.17, 15) is 24.0 Å². The van der Waals surface area contributed by atoms with Crippen molar-refractivity contribution >= 4 is 17.8 Å². The van der Waals surface area contributed by atoms with E-state index in [0.29, 0.717) is 0 Å². The molecule has 1 aromatic heterocycles. The van der Waals surface area contributed by atoms with Crippen LogP contribution in [0.15, 0.2) is 46.1 Å². The highest BCUT2D eigenvalue weighted by atomic mass is 16.6. The molecule has 1 saturated heterocycles. The number of aromatic nitrogens is 3. The number of benzene rings is 1. The summed E-state index contributed by atoms with van der Waals surface area (Å²) < 4.78 is 23.5. The van der Waals surface area contributed by atoms with Crippen LogP contribution in [0.2, 0.25) is 0 Å². The summed E-state index contributed by atoms with van der Waals surface area (Å²) in [7, 11) is 0. The quantitative estimate of drug-likeness (QED) is 0.414. The van der Waals surface area contributed by atoms with Gasteiger partial charge in [0.1, 0.15) is 18.4 Å². The van der Waals surface area contributed by atoms with Crippen LogP contribution in [0.5, 0.6) is 0 Å². The Morgan fingerprint density at radius 3 is 2.50 bits per heavy atom. The average molecular weight is 504 g/mol. The van der Waals surface area contributed by atoms with E-state index in [-0.39, 0.29) is 19.6 Å². The van der Waals surface area contributed by atoms with Crippen molar-refractivity contribution in [2.45, 2.75) is 64.4 Å². The van der Waals surface area contributed by atoms with Crippen molar-refractivity contribution in [1.82, 2.24) is 20.1 Å². The van der Waals surface area contributed by atoms with Crippen molar-refractivity contribution in [2.75, 3.05) is 6.61 Å². The van der Waals surface area contributed by atoms with Crippen LogP contribution < -0.4 is 16.6 Å². The third-order valence-corrected chi connectivity index (χ3v) is 5.27. The molecule has 1 unspecified atom stereocenters. The number of nitrogens with one attached hydrogen (secondary N) is 2. The molecule has 1 aliphatic rings. The maximum atomic E-state index is 12.5. The van der Waals surface area contributed by atoms with Gasteiger partial charge in [-0.15, -0.1) is 0 Å². The van der Waals surface area contributed by atoms with Crippen molar-refractivity contribution in [1.29, 1.82) is 0 Å². The summed E-state index contributed by atoms with van der Waals surface area (Å²) in [5, 5.41) is 6.48. The van der Waals surface area contributed by atoms with Crippen LogP contribution in [0.4, 0.5) is 0 Å². The number of carbonyl (C=O) groups excluding carboxylic acids is 3. The fourth-order valence-electron chi connectivity index (χ4n) is 3.91. The third kappa shape index (κ3) is 6.86. The normalized spacial score (nSPS) is 22.0. The molecule has 3 rings (SSSR count). The van der Waals surface area contributed by atoms with Crippen LogP contribution in [0.3, 0.4) is 0 Å². The van der Waals surface area contributed by atoms with Crippen molar-refractivity contribution in [3.63, 3.8) is 0 Å². The number of rotatable bonds is 10. The summed E-state index contributed by atoms with van der Waals surface area (Å²) in [6.45, 7) is 4.27. The maximum absolute atomic E-state index is 12.5. The van der Waals surface area contributed by atoms with E-state index >= 15 is 0 Å². The molecule has 0 radical (unpaired) electrons. The fraction of sp³-hybridized carbons (Fsp3) is 0.478. The predicted molar refractivity (Wildman–Crippen MR) is 122 cm³/mol. The van der Waals surface area contributed by atoms with Crippen molar-refractivity contribution in [3.8, 4) is 0 Å². The van der Waals surface area contributed by atoms with Gasteiger partial charge in [0.2, 0.25) is 5.91 Å². The fourth-order valence-corrected chi connectivity index (χ4v) is 3.91. The number of nitrogens with zero attached hydrogens (tertiary/aromatic N) is 2. The van der Waals surface area contributed by atoms with Gasteiger partial charge in [0, 0.05) is 13.8 Å². The van der Waals surface area contributed by atoms with E-state index in [1.165, 1.54) is 13.8 Å². The molecule has 0 spiro atoms. The van der Waals surface area contributed by atoms with Crippen molar-refractivity contribution in [2.24, 2.45) is 0 Å². The lowest BCUT2D eigenvalue weighted by Crippen LogP contribution is -2.50. The smallest absolute Gasteiger partial charge is 0.347 e. The van der Waals surface area contributed by atoms with Gasteiger partial charge in [-0.2, -0.15) is 9.78 Å². The monoisotopic (exact) mass is 504 g/mol. The Morgan fingerprint density at radius 1 is 1.17 bits per heavy atom. The molecule has 5 atom stereocenters. The molecular formula is C23H28N4O9. The summed E-state index contributed by atoms with van der Waals surface area (Å²) in [4.78, 5) is 62.4. The minimum Gasteiger partial charge on any atom is -0.466 e. The molecule has 13 heteroatoms. The van der Waals surface area contributed by atoms with Crippen LogP contribution >= 0.6 is 0 Å².